The Labute approximate surface area is 122 Å². The van der Waals surface area contributed by atoms with Gasteiger partial charge >= 0.3 is 6.09 Å². The van der Waals surface area contributed by atoms with Gasteiger partial charge in [0.2, 0.25) is 0 Å². The van der Waals surface area contributed by atoms with Crippen molar-refractivity contribution in [1.29, 1.82) is 0 Å². The second-order valence-corrected chi connectivity index (χ2v) is 4.43. The average molecular weight is 286 g/mol. The summed E-state index contributed by atoms with van der Waals surface area (Å²) in [7, 11) is 0. The molecule has 0 saturated heterocycles. The van der Waals surface area contributed by atoms with Gasteiger partial charge in [0.05, 0.1) is 10.7 Å². The van der Waals surface area contributed by atoms with E-state index in [1.54, 1.807) is 18.2 Å². The van der Waals surface area contributed by atoms with Crippen molar-refractivity contribution in [2.45, 2.75) is 6.61 Å². The number of carbonyl (C=O) groups excluding carboxylic acids is 1. The molecule has 0 spiro atoms. The zero-order valence-electron chi connectivity index (χ0n) is 10.6. The van der Waals surface area contributed by atoms with E-state index in [1.165, 1.54) is 0 Å². The number of rotatable bonds is 3. The van der Waals surface area contributed by atoms with Gasteiger partial charge in [-0.1, -0.05) is 47.9 Å². The van der Waals surface area contributed by atoms with Gasteiger partial charge in [-0.15, -0.1) is 6.42 Å². The van der Waals surface area contributed by atoms with Gasteiger partial charge in [-0.05, 0) is 23.8 Å². The number of nitrogens with one attached hydrogen (secondary N) is 1. The summed E-state index contributed by atoms with van der Waals surface area (Å²) >= 11 is 6.00. The molecule has 0 bridgehead atoms. The van der Waals surface area contributed by atoms with Crippen molar-refractivity contribution in [3.05, 3.63) is 64.7 Å². The van der Waals surface area contributed by atoms with Crippen LogP contribution in [-0.4, -0.2) is 6.09 Å². The van der Waals surface area contributed by atoms with E-state index < -0.39 is 6.09 Å². The van der Waals surface area contributed by atoms with Gasteiger partial charge in [0.1, 0.15) is 6.61 Å². The van der Waals surface area contributed by atoms with Crippen LogP contribution in [0.5, 0.6) is 0 Å². The minimum absolute atomic E-state index is 0.201. The molecule has 20 heavy (non-hydrogen) atoms. The van der Waals surface area contributed by atoms with Crippen molar-refractivity contribution in [2.75, 3.05) is 5.32 Å². The van der Waals surface area contributed by atoms with Gasteiger partial charge in [0, 0.05) is 5.56 Å². The van der Waals surface area contributed by atoms with Crippen molar-refractivity contribution >= 4 is 23.4 Å². The number of terminal acetylenes is 1. The monoisotopic (exact) mass is 285 g/mol. The summed E-state index contributed by atoms with van der Waals surface area (Å²) in [5.74, 6) is 2.47. The molecular formula is C16H12ClNO2. The van der Waals surface area contributed by atoms with Crippen molar-refractivity contribution in [3.8, 4) is 12.3 Å². The molecule has 0 unspecified atom stereocenters. The topological polar surface area (TPSA) is 38.3 Å². The number of ether oxygens (including phenoxy) is 1. The molecule has 0 aromatic heterocycles. The van der Waals surface area contributed by atoms with Crippen LogP contribution >= 0.6 is 11.6 Å². The highest BCUT2D eigenvalue weighted by Crippen LogP contribution is 2.22. The van der Waals surface area contributed by atoms with Crippen LogP contribution in [0, 0.1) is 12.3 Å². The molecule has 0 saturated carbocycles. The molecule has 0 fully saturated rings. The molecule has 2 rings (SSSR count). The van der Waals surface area contributed by atoms with Crippen molar-refractivity contribution in [1.82, 2.24) is 0 Å². The maximum Gasteiger partial charge on any atom is 0.412 e. The van der Waals surface area contributed by atoms with Crippen LogP contribution < -0.4 is 5.32 Å². The Kier molecular flexibility index (Phi) is 4.65. The molecular weight excluding hydrogens is 274 g/mol. The largest absolute Gasteiger partial charge is 0.444 e. The lowest BCUT2D eigenvalue weighted by atomic mass is 10.2. The standard InChI is InChI=1S/C16H12ClNO2/c1-2-12-8-9-15(14(17)10-12)18-16(19)20-11-13-6-4-3-5-7-13/h1,3-10H,11H2,(H,18,19). The quantitative estimate of drug-likeness (QED) is 0.863. The number of amides is 1. The van der Waals surface area contributed by atoms with Crippen molar-refractivity contribution < 1.29 is 9.53 Å². The Hall–Kier alpha value is -2.44. The van der Waals surface area contributed by atoms with Crippen LogP contribution in [0.4, 0.5) is 10.5 Å². The molecule has 2 aromatic carbocycles. The van der Waals surface area contributed by atoms with Gasteiger partial charge in [-0.2, -0.15) is 0 Å². The SMILES string of the molecule is C#Cc1ccc(NC(=O)OCc2ccccc2)c(Cl)c1. The molecule has 0 aliphatic heterocycles. The fourth-order valence-electron chi connectivity index (χ4n) is 1.58. The van der Waals surface area contributed by atoms with Gasteiger partial charge < -0.3 is 4.74 Å². The Bertz CT molecular complexity index is 647. The lowest BCUT2D eigenvalue weighted by Gasteiger charge is -2.08. The first kappa shape index (κ1) is 14.0. The smallest absolute Gasteiger partial charge is 0.412 e. The second-order valence-electron chi connectivity index (χ2n) is 4.03. The lowest BCUT2D eigenvalue weighted by Crippen LogP contribution is -2.13. The minimum Gasteiger partial charge on any atom is -0.444 e. The second kappa shape index (κ2) is 6.65. The van der Waals surface area contributed by atoms with Crippen LogP contribution in [-0.2, 0) is 11.3 Å². The third kappa shape index (κ3) is 3.78. The van der Waals surface area contributed by atoms with Crippen LogP contribution in [0.1, 0.15) is 11.1 Å². The number of anilines is 1. The molecule has 0 aliphatic rings. The summed E-state index contributed by atoms with van der Waals surface area (Å²) in [4.78, 5) is 11.7. The molecule has 1 amide bonds. The van der Waals surface area contributed by atoms with E-state index in [-0.39, 0.29) is 6.61 Å². The molecule has 0 atom stereocenters. The predicted molar refractivity (Wildman–Crippen MR) is 79.6 cm³/mol. The van der Waals surface area contributed by atoms with E-state index in [1.807, 2.05) is 30.3 Å². The minimum atomic E-state index is -0.566. The number of hydrogen-bond acceptors (Lipinski definition) is 2. The Balaban J connectivity index is 1.93. The van der Waals surface area contributed by atoms with E-state index in [9.17, 15) is 4.79 Å². The number of benzene rings is 2. The first-order chi connectivity index (χ1) is 9.69. The molecule has 0 heterocycles. The van der Waals surface area contributed by atoms with E-state index in [0.717, 1.165) is 5.56 Å². The fraction of sp³-hybridized carbons (Fsp3) is 0.0625. The molecule has 0 radical (unpaired) electrons. The Morgan fingerprint density at radius 3 is 2.65 bits per heavy atom. The Morgan fingerprint density at radius 2 is 2.00 bits per heavy atom. The first-order valence-electron chi connectivity index (χ1n) is 5.93. The summed E-state index contributed by atoms with van der Waals surface area (Å²) in [6.45, 7) is 0.201. The lowest BCUT2D eigenvalue weighted by molar-refractivity contribution is 0.155. The maximum absolute atomic E-state index is 11.7. The molecule has 4 heteroatoms. The zero-order valence-corrected chi connectivity index (χ0v) is 11.4. The maximum atomic E-state index is 11.7. The first-order valence-corrected chi connectivity index (χ1v) is 6.30. The van der Waals surface area contributed by atoms with Crippen molar-refractivity contribution in [3.63, 3.8) is 0 Å². The van der Waals surface area contributed by atoms with Gasteiger partial charge in [-0.3, -0.25) is 5.32 Å². The van der Waals surface area contributed by atoms with E-state index in [4.69, 9.17) is 22.8 Å². The van der Waals surface area contributed by atoms with Crippen molar-refractivity contribution in [2.24, 2.45) is 0 Å². The fourth-order valence-corrected chi connectivity index (χ4v) is 1.80. The van der Waals surface area contributed by atoms with E-state index >= 15 is 0 Å². The molecule has 0 aliphatic carbocycles. The average Bonchev–Trinajstić information content (AvgIpc) is 2.48. The molecule has 100 valence electrons. The van der Waals surface area contributed by atoms with Gasteiger partial charge in [0.15, 0.2) is 0 Å². The predicted octanol–water partition coefficient (Wildman–Crippen LogP) is 4.07. The van der Waals surface area contributed by atoms with Crippen LogP contribution in [0.15, 0.2) is 48.5 Å². The Morgan fingerprint density at radius 1 is 1.25 bits per heavy atom. The van der Waals surface area contributed by atoms with Crippen LogP contribution in [0.3, 0.4) is 0 Å². The number of hydrogen-bond donors (Lipinski definition) is 1. The number of carbonyl (C=O) groups is 1. The normalized spacial score (nSPS) is 9.60. The zero-order chi connectivity index (χ0) is 14.4. The highest BCUT2D eigenvalue weighted by Gasteiger charge is 2.07. The third-order valence-electron chi connectivity index (χ3n) is 2.59. The highest BCUT2D eigenvalue weighted by atomic mass is 35.5. The van der Waals surface area contributed by atoms with Gasteiger partial charge in [-0.25, -0.2) is 4.79 Å². The summed E-state index contributed by atoms with van der Waals surface area (Å²) in [6, 6.07) is 14.4. The van der Waals surface area contributed by atoms with Crippen LogP contribution in [0.25, 0.3) is 0 Å². The summed E-state index contributed by atoms with van der Waals surface area (Å²) < 4.78 is 5.09. The van der Waals surface area contributed by atoms with E-state index in [0.29, 0.717) is 16.3 Å². The van der Waals surface area contributed by atoms with Gasteiger partial charge in [0.25, 0.3) is 0 Å². The molecule has 2 aromatic rings. The number of halogens is 1. The molecule has 1 N–H and O–H groups in total. The third-order valence-corrected chi connectivity index (χ3v) is 2.90. The summed E-state index contributed by atoms with van der Waals surface area (Å²) in [6.07, 6.45) is 4.70. The summed E-state index contributed by atoms with van der Waals surface area (Å²) in [5, 5.41) is 2.94. The van der Waals surface area contributed by atoms with Crippen LogP contribution in [0.2, 0.25) is 5.02 Å². The highest BCUT2D eigenvalue weighted by molar-refractivity contribution is 6.33. The molecule has 3 nitrogen and oxygen atoms in total. The summed E-state index contributed by atoms with van der Waals surface area (Å²) in [5.41, 5.74) is 2.03. The van der Waals surface area contributed by atoms with E-state index in [2.05, 4.69) is 11.2 Å².